The Morgan fingerprint density at radius 2 is 1.94 bits per heavy atom. The number of benzene rings is 1. The van der Waals surface area contributed by atoms with Gasteiger partial charge in [0.1, 0.15) is 0 Å². The molecule has 166 valence electrons. The van der Waals surface area contributed by atoms with Gasteiger partial charge in [-0.3, -0.25) is 9.59 Å². The lowest BCUT2D eigenvalue weighted by Crippen LogP contribution is -2.71. The summed E-state index contributed by atoms with van der Waals surface area (Å²) in [6.07, 6.45) is 4.06. The zero-order valence-electron chi connectivity index (χ0n) is 18.1. The highest BCUT2D eigenvalue weighted by Crippen LogP contribution is 2.58. The van der Waals surface area contributed by atoms with Gasteiger partial charge in [-0.25, -0.2) is 9.50 Å². The Kier molecular flexibility index (Phi) is 4.76. The van der Waals surface area contributed by atoms with Gasteiger partial charge in [0.2, 0.25) is 0 Å². The van der Waals surface area contributed by atoms with E-state index in [1.165, 1.54) is 7.11 Å². The van der Waals surface area contributed by atoms with E-state index < -0.39 is 0 Å². The molecule has 9 heteroatoms. The molecule has 3 aromatic rings. The number of nitrogens with zero attached hydrogens (tertiary/aromatic N) is 3. The third-order valence-electron chi connectivity index (χ3n) is 6.82. The van der Waals surface area contributed by atoms with Crippen LogP contribution >= 0.6 is 0 Å². The minimum atomic E-state index is -0.328. The van der Waals surface area contributed by atoms with Crippen molar-refractivity contribution >= 4 is 17.5 Å². The molecule has 2 fully saturated rings. The summed E-state index contributed by atoms with van der Waals surface area (Å²) in [5.74, 6) is 0.769. The summed E-state index contributed by atoms with van der Waals surface area (Å²) in [5.41, 5.74) is 2.13. The molecule has 0 radical (unpaired) electrons. The Labute approximate surface area is 184 Å². The predicted octanol–water partition coefficient (Wildman–Crippen LogP) is 2.48. The molecule has 2 aliphatic rings. The van der Waals surface area contributed by atoms with E-state index in [1.807, 2.05) is 24.3 Å². The molecule has 0 bridgehead atoms. The van der Waals surface area contributed by atoms with E-state index in [2.05, 4.69) is 15.4 Å². The van der Waals surface area contributed by atoms with Crippen LogP contribution in [0.3, 0.4) is 0 Å². The van der Waals surface area contributed by atoms with Crippen molar-refractivity contribution < 1.29 is 23.8 Å². The maximum absolute atomic E-state index is 13.0. The summed E-state index contributed by atoms with van der Waals surface area (Å²) in [5, 5.41) is 7.65. The molecule has 3 unspecified atom stereocenters. The first kappa shape index (κ1) is 20.3. The number of carbonyl (C=O) groups excluding carboxylic acids is 2. The zero-order chi connectivity index (χ0) is 22.5. The molecule has 1 aromatic carbocycles. The summed E-state index contributed by atoms with van der Waals surface area (Å²) >= 11 is 0. The average Bonchev–Trinajstić information content (AvgIpc) is 3.26. The van der Waals surface area contributed by atoms with Crippen LogP contribution in [0.25, 0.3) is 16.9 Å². The van der Waals surface area contributed by atoms with Crippen molar-refractivity contribution in [3.05, 3.63) is 42.2 Å². The molecule has 2 heterocycles. The Hall–Kier alpha value is -3.62. The molecule has 1 N–H and O–H groups in total. The number of hydrogen-bond donors (Lipinski definition) is 1. The van der Waals surface area contributed by atoms with Gasteiger partial charge < -0.3 is 19.5 Å². The first-order valence-electron chi connectivity index (χ1n) is 10.5. The van der Waals surface area contributed by atoms with E-state index >= 15 is 0 Å². The molecule has 2 saturated carbocycles. The monoisotopic (exact) mass is 436 g/mol. The van der Waals surface area contributed by atoms with Crippen LogP contribution in [0.5, 0.6) is 11.5 Å². The largest absolute Gasteiger partial charge is 0.493 e. The summed E-state index contributed by atoms with van der Waals surface area (Å²) in [6, 6.07) is 9.07. The van der Waals surface area contributed by atoms with Crippen LogP contribution in [0, 0.1) is 11.8 Å². The van der Waals surface area contributed by atoms with Crippen molar-refractivity contribution in [3.8, 4) is 22.8 Å². The topological polar surface area (TPSA) is 104 Å². The minimum absolute atomic E-state index is 0.131. The molecule has 9 nitrogen and oxygen atoms in total. The third-order valence-corrected chi connectivity index (χ3v) is 6.82. The van der Waals surface area contributed by atoms with E-state index in [4.69, 9.17) is 14.2 Å². The Morgan fingerprint density at radius 1 is 1.12 bits per heavy atom. The lowest BCUT2D eigenvalue weighted by atomic mass is 9.47. The van der Waals surface area contributed by atoms with Gasteiger partial charge >= 0.3 is 5.97 Å². The molecule has 32 heavy (non-hydrogen) atoms. The number of aromatic nitrogens is 3. The van der Waals surface area contributed by atoms with Gasteiger partial charge in [-0.05, 0) is 49.4 Å². The number of carbonyl (C=O) groups is 2. The fourth-order valence-corrected chi connectivity index (χ4v) is 4.99. The molecule has 2 aromatic heterocycles. The Balaban J connectivity index is 1.42. The number of nitrogens with one attached hydrogen (secondary N) is 1. The maximum Gasteiger partial charge on any atom is 0.309 e. The molecular formula is C23H24N4O5. The van der Waals surface area contributed by atoms with Crippen molar-refractivity contribution in [2.45, 2.75) is 24.8 Å². The summed E-state index contributed by atoms with van der Waals surface area (Å²) < 4.78 is 17.2. The third kappa shape index (κ3) is 2.99. The first-order chi connectivity index (χ1) is 15.5. The smallest absolute Gasteiger partial charge is 0.309 e. The summed E-state index contributed by atoms with van der Waals surface area (Å²) in [7, 11) is 4.57. The highest BCUT2D eigenvalue weighted by atomic mass is 16.5. The van der Waals surface area contributed by atoms with E-state index in [-0.39, 0.29) is 34.9 Å². The van der Waals surface area contributed by atoms with E-state index in [9.17, 15) is 9.59 Å². The van der Waals surface area contributed by atoms with Crippen LogP contribution in [-0.4, -0.2) is 53.3 Å². The second kappa shape index (κ2) is 7.51. The lowest BCUT2D eigenvalue weighted by Gasteiger charge is -2.62. The van der Waals surface area contributed by atoms with Crippen LogP contribution in [0.4, 0.5) is 0 Å². The molecule has 5 rings (SSSR count). The van der Waals surface area contributed by atoms with Crippen molar-refractivity contribution in [3.63, 3.8) is 0 Å². The molecule has 1 amide bonds. The van der Waals surface area contributed by atoms with Crippen molar-refractivity contribution in [1.29, 1.82) is 0 Å². The van der Waals surface area contributed by atoms with Crippen molar-refractivity contribution in [2.24, 2.45) is 11.8 Å². The number of hydrogen-bond acceptors (Lipinski definition) is 7. The molecular weight excluding hydrogens is 412 g/mol. The minimum Gasteiger partial charge on any atom is -0.493 e. The number of fused-ring (bicyclic) bond motifs is 2. The molecule has 0 saturated heterocycles. The van der Waals surface area contributed by atoms with Gasteiger partial charge in [0.25, 0.3) is 5.91 Å². The predicted molar refractivity (Wildman–Crippen MR) is 115 cm³/mol. The number of esters is 1. The quantitative estimate of drug-likeness (QED) is 0.592. The first-order valence-corrected chi connectivity index (χ1v) is 10.5. The Bertz CT molecular complexity index is 1220. The van der Waals surface area contributed by atoms with Crippen molar-refractivity contribution in [2.75, 3.05) is 21.3 Å². The standard InChI is InChI=1S/C23H24N4O5/c1-30-18-5-4-13(10-19(18)31-2)17-7-9-24-20-11-16(26-27(17)20)21(28)25-23-8-6-15(23)14(12-23)22(29)32-3/h4-5,7,9-11,14-15H,6,8,12H2,1-3H3,(H,25,28). The highest BCUT2D eigenvalue weighted by Gasteiger charge is 2.63. The molecule has 3 atom stereocenters. The molecule has 0 spiro atoms. The average molecular weight is 436 g/mol. The Morgan fingerprint density at radius 3 is 2.59 bits per heavy atom. The summed E-state index contributed by atoms with van der Waals surface area (Å²) in [6.45, 7) is 0. The lowest BCUT2D eigenvalue weighted by molar-refractivity contribution is -0.167. The van der Waals surface area contributed by atoms with Crippen LogP contribution in [0.15, 0.2) is 36.5 Å². The van der Waals surface area contributed by atoms with Crippen LogP contribution in [0.1, 0.15) is 29.8 Å². The fraction of sp³-hybridized carbons (Fsp3) is 0.391. The highest BCUT2D eigenvalue weighted by molar-refractivity contribution is 5.94. The number of methoxy groups -OCH3 is 3. The number of rotatable bonds is 6. The second-order valence-electron chi connectivity index (χ2n) is 8.29. The van der Waals surface area contributed by atoms with E-state index in [0.29, 0.717) is 23.6 Å². The van der Waals surface area contributed by atoms with Crippen LogP contribution < -0.4 is 14.8 Å². The van der Waals surface area contributed by atoms with Gasteiger partial charge in [-0.15, -0.1) is 0 Å². The van der Waals surface area contributed by atoms with Gasteiger partial charge in [-0.1, -0.05) is 0 Å². The van der Waals surface area contributed by atoms with Gasteiger partial charge in [0, 0.05) is 23.4 Å². The fourth-order valence-electron chi connectivity index (χ4n) is 4.99. The summed E-state index contributed by atoms with van der Waals surface area (Å²) in [4.78, 5) is 29.3. The van der Waals surface area contributed by atoms with Crippen LogP contribution in [0.2, 0.25) is 0 Å². The SMILES string of the molecule is COC(=O)C1CC2(NC(=O)c3cc4nccc(-c5ccc(OC)c(OC)c5)n4n3)CCC12. The van der Waals surface area contributed by atoms with Crippen molar-refractivity contribution in [1.82, 2.24) is 19.9 Å². The number of ether oxygens (including phenoxy) is 3. The van der Waals surface area contributed by atoms with Gasteiger partial charge in [0.15, 0.2) is 22.8 Å². The number of amides is 1. The van der Waals surface area contributed by atoms with Gasteiger partial charge in [0.05, 0.1) is 32.9 Å². The normalized spacial score (nSPS) is 23.5. The molecule has 0 aliphatic heterocycles. The maximum atomic E-state index is 13.0. The molecule has 2 aliphatic carbocycles. The van der Waals surface area contributed by atoms with E-state index in [1.54, 1.807) is 31.0 Å². The van der Waals surface area contributed by atoms with Gasteiger partial charge in [-0.2, -0.15) is 5.10 Å². The zero-order valence-corrected chi connectivity index (χ0v) is 18.1. The van der Waals surface area contributed by atoms with Crippen LogP contribution in [-0.2, 0) is 9.53 Å². The van der Waals surface area contributed by atoms with E-state index in [0.717, 1.165) is 24.1 Å². The second-order valence-corrected chi connectivity index (χ2v) is 8.29.